The maximum atomic E-state index is 12.3. The molecule has 2 rings (SSSR count). The molecular formula is C15H18Cl2O. The smallest absolute Gasteiger partial charge is 0.140 e. The lowest BCUT2D eigenvalue weighted by molar-refractivity contribution is -0.122. The van der Waals surface area contributed by atoms with Crippen LogP contribution >= 0.6 is 23.2 Å². The number of carbonyl (C=O) groups is 1. The molecule has 1 aliphatic rings. The number of hydrogen-bond donors (Lipinski definition) is 0. The van der Waals surface area contributed by atoms with Gasteiger partial charge >= 0.3 is 0 Å². The molecule has 0 heterocycles. The Bertz CT molecular complexity index is 421. The van der Waals surface area contributed by atoms with Gasteiger partial charge in [-0.3, -0.25) is 4.79 Å². The molecule has 1 fully saturated rings. The summed E-state index contributed by atoms with van der Waals surface area (Å²) in [6.45, 7) is 0. The zero-order valence-corrected chi connectivity index (χ0v) is 11.9. The van der Waals surface area contributed by atoms with Crippen molar-refractivity contribution in [1.29, 1.82) is 0 Å². The van der Waals surface area contributed by atoms with Crippen LogP contribution in [0.2, 0.25) is 10.0 Å². The van der Waals surface area contributed by atoms with Gasteiger partial charge in [-0.25, -0.2) is 0 Å². The first-order valence-electron chi connectivity index (χ1n) is 6.63. The number of ketones is 1. The lowest BCUT2D eigenvalue weighted by Crippen LogP contribution is -2.16. The summed E-state index contributed by atoms with van der Waals surface area (Å²) in [4.78, 5) is 12.3. The molecule has 1 aromatic rings. The van der Waals surface area contributed by atoms with Crippen LogP contribution in [-0.2, 0) is 11.2 Å². The third kappa shape index (κ3) is 3.73. The normalized spacial score (nSPS) is 17.4. The number of rotatable bonds is 3. The highest BCUT2D eigenvalue weighted by Gasteiger charge is 2.20. The predicted molar refractivity (Wildman–Crippen MR) is 76.4 cm³/mol. The van der Waals surface area contributed by atoms with Crippen LogP contribution in [0.1, 0.15) is 44.1 Å². The minimum Gasteiger partial charge on any atom is -0.299 e. The fraction of sp³-hybridized carbons (Fsp3) is 0.533. The zero-order chi connectivity index (χ0) is 13.0. The van der Waals surface area contributed by atoms with Crippen LogP contribution in [0.5, 0.6) is 0 Å². The van der Waals surface area contributed by atoms with Gasteiger partial charge in [-0.1, -0.05) is 48.9 Å². The number of benzene rings is 1. The highest BCUT2D eigenvalue weighted by atomic mass is 35.5. The van der Waals surface area contributed by atoms with Crippen molar-refractivity contribution in [3.63, 3.8) is 0 Å². The number of carbonyl (C=O) groups excluding carboxylic acids is 1. The van der Waals surface area contributed by atoms with Gasteiger partial charge in [0.15, 0.2) is 0 Å². The second-order valence-electron chi connectivity index (χ2n) is 5.07. The van der Waals surface area contributed by atoms with Gasteiger partial charge in [0.05, 0.1) is 0 Å². The maximum Gasteiger partial charge on any atom is 0.140 e. The van der Waals surface area contributed by atoms with Crippen LogP contribution in [0.15, 0.2) is 18.2 Å². The Kier molecular flexibility index (Phi) is 5.08. The van der Waals surface area contributed by atoms with E-state index in [1.807, 2.05) is 0 Å². The molecule has 1 aromatic carbocycles. The highest BCUT2D eigenvalue weighted by Crippen LogP contribution is 2.27. The van der Waals surface area contributed by atoms with Gasteiger partial charge in [0.1, 0.15) is 5.78 Å². The Hall–Kier alpha value is -0.530. The van der Waals surface area contributed by atoms with Crippen molar-refractivity contribution in [2.75, 3.05) is 0 Å². The molecule has 0 aromatic heterocycles. The summed E-state index contributed by atoms with van der Waals surface area (Å²) in [6.07, 6.45) is 7.39. The van der Waals surface area contributed by atoms with Crippen LogP contribution < -0.4 is 0 Å². The van der Waals surface area contributed by atoms with Crippen LogP contribution in [0.25, 0.3) is 0 Å². The van der Waals surface area contributed by atoms with Crippen molar-refractivity contribution in [2.45, 2.75) is 44.9 Å². The third-order valence-electron chi connectivity index (χ3n) is 3.68. The summed E-state index contributed by atoms with van der Waals surface area (Å²) in [7, 11) is 0. The van der Waals surface area contributed by atoms with Crippen molar-refractivity contribution < 1.29 is 4.79 Å². The Labute approximate surface area is 118 Å². The fourth-order valence-corrected chi connectivity index (χ4v) is 2.99. The second-order valence-corrected chi connectivity index (χ2v) is 5.91. The summed E-state index contributed by atoms with van der Waals surface area (Å²) in [5, 5.41) is 1.28. The molecule has 0 aliphatic heterocycles. The summed E-state index contributed by atoms with van der Waals surface area (Å²) in [5.74, 6) is 0.545. The van der Waals surface area contributed by atoms with Gasteiger partial charge in [0, 0.05) is 22.4 Å². The summed E-state index contributed by atoms with van der Waals surface area (Å²) in [6, 6.07) is 5.32. The molecule has 0 bridgehead atoms. The third-order valence-corrected chi connectivity index (χ3v) is 4.29. The first-order chi connectivity index (χ1) is 8.66. The van der Waals surface area contributed by atoms with Crippen molar-refractivity contribution in [3.8, 4) is 0 Å². The molecule has 1 nitrogen and oxygen atoms in total. The number of Topliss-reactive ketones (excluding diaryl/α,β-unsaturated/α-hetero) is 1. The van der Waals surface area contributed by atoms with Gasteiger partial charge in [0.25, 0.3) is 0 Å². The van der Waals surface area contributed by atoms with E-state index in [2.05, 4.69) is 0 Å². The minimum absolute atomic E-state index is 0.225. The molecule has 0 amide bonds. The SMILES string of the molecule is O=C(Cc1cc(Cl)ccc1Cl)C1CCCCCC1. The first kappa shape index (κ1) is 13.9. The van der Waals surface area contributed by atoms with Gasteiger partial charge in [-0.05, 0) is 36.6 Å². The Morgan fingerprint density at radius 1 is 1.11 bits per heavy atom. The van der Waals surface area contributed by atoms with E-state index in [1.165, 1.54) is 25.7 Å². The molecule has 98 valence electrons. The Balaban J connectivity index is 2.03. The van der Waals surface area contributed by atoms with E-state index >= 15 is 0 Å². The molecule has 18 heavy (non-hydrogen) atoms. The van der Waals surface area contributed by atoms with E-state index in [9.17, 15) is 4.79 Å². The van der Waals surface area contributed by atoms with Crippen molar-refractivity contribution in [1.82, 2.24) is 0 Å². The molecule has 0 saturated heterocycles. The molecule has 0 atom stereocenters. The average Bonchev–Trinajstić information content (AvgIpc) is 2.62. The van der Waals surface area contributed by atoms with E-state index in [0.717, 1.165) is 18.4 Å². The molecule has 0 spiro atoms. The lowest BCUT2D eigenvalue weighted by Gasteiger charge is -2.13. The van der Waals surface area contributed by atoms with E-state index in [-0.39, 0.29) is 5.92 Å². The summed E-state index contributed by atoms with van der Waals surface area (Å²) >= 11 is 12.0. The fourth-order valence-electron chi connectivity index (χ4n) is 2.61. The largest absolute Gasteiger partial charge is 0.299 e. The van der Waals surface area contributed by atoms with Crippen LogP contribution in [0.4, 0.5) is 0 Å². The van der Waals surface area contributed by atoms with Gasteiger partial charge in [-0.2, -0.15) is 0 Å². The molecular weight excluding hydrogens is 267 g/mol. The minimum atomic E-state index is 0.225. The molecule has 3 heteroatoms. The van der Waals surface area contributed by atoms with Crippen LogP contribution in [0.3, 0.4) is 0 Å². The Morgan fingerprint density at radius 2 is 1.78 bits per heavy atom. The molecule has 0 unspecified atom stereocenters. The Morgan fingerprint density at radius 3 is 2.44 bits per heavy atom. The highest BCUT2D eigenvalue weighted by molar-refractivity contribution is 6.33. The predicted octanol–water partition coefficient (Wildman–Crippen LogP) is 5.08. The molecule has 1 saturated carbocycles. The van der Waals surface area contributed by atoms with Crippen molar-refractivity contribution in [2.24, 2.45) is 5.92 Å². The number of hydrogen-bond acceptors (Lipinski definition) is 1. The zero-order valence-electron chi connectivity index (χ0n) is 10.4. The van der Waals surface area contributed by atoms with Gasteiger partial charge < -0.3 is 0 Å². The summed E-state index contributed by atoms with van der Waals surface area (Å²) in [5.41, 5.74) is 0.860. The maximum absolute atomic E-state index is 12.3. The van der Waals surface area contributed by atoms with E-state index in [0.29, 0.717) is 22.2 Å². The second kappa shape index (κ2) is 6.58. The molecule has 0 N–H and O–H groups in total. The first-order valence-corrected chi connectivity index (χ1v) is 7.39. The van der Waals surface area contributed by atoms with Crippen molar-refractivity contribution in [3.05, 3.63) is 33.8 Å². The van der Waals surface area contributed by atoms with Crippen LogP contribution in [0, 0.1) is 5.92 Å². The standard InChI is InChI=1S/C15H18Cl2O/c16-13-7-8-14(17)12(9-13)10-15(18)11-5-3-1-2-4-6-11/h7-9,11H,1-6,10H2. The molecule has 0 radical (unpaired) electrons. The van der Waals surface area contributed by atoms with E-state index in [1.54, 1.807) is 18.2 Å². The lowest BCUT2D eigenvalue weighted by atomic mass is 9.91. The average molecular weight is 285 g/mol. The van der Waals surface area contributed by atoms with Crippen molar-refractivity contribution >= 4 is 29.0 Å². The monoisotopic (exact) mass is 284 g/mol. The summed E-state index contributed by atoms with van der Waals surface area (Å²) < 4.78 is 0. The topological polar surface area (TPSA) is 17.1 Å². The van der Waals surface area contributed by atoms with E-state index in [4.69, 9.17) is 23.2 Å². The quantitative estimate of drug-likeness (QED) is 0.708. The van der Waals surface area contributed by atoms with Gasteiger partial charge in [-0.15, -0.1) is 0 Å². The number of halogens is 2. The molecule has 1 aliphatic carbocycles. The van der Waals surface area contributed by atoms with E-state index < -0.39 is 0 Å². The van der Waals surface area contributed by atoms with Gasteiger partial charge in [0.2, 0.25) is 0 Å². The van der Waals surface area contributed by atoms with Crippen LogP contribution in [-0.4, -0.2) is 5.78 Å².